The van der Waals surface area contributed by atoms with E-state index in [2.05, 4.69) is 32.2 Å². The van der Waals surface area contributed by atoms with E-state index in [1.165, 1.54) is 5.56 Å². The normalized spacial score (nSPS) is 19.4. The van der Waals surface area contributed by atoms with Crippen LogP contribution in [0.1, 0.15) is 18.4 Å². The molecular weight excluding hydrogens is 308 g/mol. The molecule has 1 amide bonds. The van der Waals surface area contributed by atoms with Crippen LogP contribution in [0.5, 0.6) is 5.75 Å². The van der Waals surface area contributed by atoms with Crippen molar-refractivity contribution in [1.82, 2.24) is 10.2 Å². The Bertz CT molecular complexity index is 465. The zero-order valence-corrected chi connectivity index (χ0v) is 12.9. The van der Waals surface area contributed by atoms with Gasteiger partial charge >= 0.3 is 0 Å². The Balaban J connectivity index is 2.08. The number of hydrogen-bond acceptors (Lipinski definition) is 3. The maximum Gasteiger partial charge on any atom is 0.237 e. The smallest absolute Gasteiger partial charge is 0.237 e. The van der Waals surface area contributed by atoms with Crippen molar-refractivity contribution in [3.63, 3.8) is 0 Å². The zero-order chi connectivity index (χ0) is 13.8. The molecule has 2 rings (SSSR count). The third-order valence-electron chi connectivity index (χ3n) is 3.51. The first-order valence-electron chi connectivity index (χ1n) is 6.43. The van der Waals surface area contributed by atoms with Gasteiger partial charge in [-0.05, 0) is 53.0 Å². The molecule has 1 heterocycles. The number of methoxy groups -OCH3 is 1. The number of likely N-dealkylation sites (tertiary alicyclic amines) is 1. The van der Waals surface area contributed by atoms with Crippen molar-refractivity contribution in [3.8, 4) is 5.75 Å². The van der Waals surface area contributed by atoms with Crippen LogP contribution in [0.3, 0.4) is 0 Å². The molecule has 0 bridgehead atoms. The molecule has 1 aromatic carbocycles. The van der Waals surface area contributed by atoms with E-state index < -0.39 is 0 Å². The van der Waals surface area contributed by atoms with E-state index in [-0.39, 0.29) is 11.9 Å². The Hall–Kier alpha value is -1.07. The lowest BCUT2D eigenvalue weighted by molar-refractivity contribution is -0.125. The van der Waals surface area contributed by atoms with Gasteiger partial charge < -0.3 is 10.1 Å². The SMILES string of the molecule is CNC(=O)C1CCCN1Cc1ccc(OC)c(Br)c1. The number of carbonyl (C=O) groups is 1. The number of likely N-dealkylation sites (N-methyl/N-ethyl adjacent to an activating group) is 1. The second kappa shape index (κ2) is 6.39. The zero-order valence-electron chi connectivity index (χ0n) is 11.3. The summed E-state index contributed by atoms with van der Waals surface area (Å²) in [6.07, 6.45) is 2.02. The van der Waals surface area contributed by atoms with Crippen LogP contribution in [-0.4, -0.2) is 37.6 Å². The molecule has 19 heavy (non-hydrogen) atoms. The van der Waals surface area contributed by atoms with Crippen molar-refractivity contribution in [2.24, 2.45) is 0 Å². The standard InChI is InChI=1S/C14H19BrN2O2/c1-16-14(18)12-4-3-7-17(12)9-10-5-6-13(19-2)11(15)8-10/h5-6,8,12H,3-4,7,9H2,1-2H3,(H,16,18). The highest BCUT2D eigenvalue weighted by molar-refractivity contribution is 9.10. The third-order valence-corrected chi connectivity index (χ3v) is 4.13. The van der Waals surface area contributed by atoms with Crippen LogP contribution in [-0.2, 0) is 11.3 Å². The monoisotopic (exact) mass is 326 g/mol. The molecule has 0 aliphatic carbocycles. The molecule has 1 aromatic rings. The summed E-state index contributed by atoms with van der Waals surface area (Å²) in [5.41, 5.74) is 1.18. The maximum absolute atomic E-state index is 11.8. The highest BCUT2D eigenvalue weighted by atomic mass is 79.9. The van der Waals surface area contributed by atoms with Crippen LogP contribution in [0.15, 0.2) is 22.7 Å². The second-order valence-corrected chi connectivity index (χ2v) is 5.57. The van der Waals surface area contributed by atoms with Crippen molar-refractivity contribution in [2.75, 3.05) is 20.7 Å². The summed E-state index contributed by atoms with van der Waals surface area (Å²) < 4.78 is 6.17. The summed E-state index contributed by atoms with van der Waals surface area (Å²) in [5, 5.41) is 2.74. The molecule has 1 aliphatic heterocycles. The molecule has 0 saturated carbocycles. The van der Waals surface area contributed by atoms with Gasteiger partial charge in [-0.25, -0.2) is 0 Å². The van der Waals surface area contributed by atoms with Gasteiger partial charge in [-0.1, -0.05) is 6.07 Å². The minimum Gasteiger partial charge on any atom is -0.496 e. The van der Waals surface area contributed by atoms with Crippen molar-refractivity contribution < 1.29 is 9.53 Å². The molecule has 1 N–H and O–H groups in total. The van der Waals surface area contributed by atoms with E-state index in [0.29, 0.717) is 0 Å². The lowest BCUT2D eigenvalue weighted by atomic mass is 10.1. The summed E-state index contributed by atoms with van der Waals surface area (Å²) in [6, 6.07) is 6.05. The molecule has 0 spiro atoms. The van der Waals surface area contributed by atoms with E-state index in [1.807, 2.05) is 12.1 Å². The van der Waals surface area contributed by atoms with Gasteiger partial charge in [-0.3, -0.25) is 9.69 Å². The molecule has 0 aromatic heterocycles. The van der Waals surface area contributed by atoms with Crippen LogP contribution in [0.4, 0.5) is 0 Å². The van der Waals surface area contributed by atoms with Crippen LogP contribution in [0, 0.1) is 0 Å². The summed E-state index contributed by atoms with van der Waals surface area (Å²) in [6.45, 7) is 1.77. The van der Waals surface area contributed by atoms with Crippen LogP contribution in [0.2, 0.25) is 0 Å². The first kappa shape index (κ1) is 14.3. The molecular formula is C14H19BrN2O2. The number of nitrogens with one attached hydrogen (secondary N) is 1. The van der Waals surface area contributed by atoms with Gasteiger partial charge in [0.1, 0.15) is 5.75 Å². The summed E-state index contributed by atoms with van der Waals surface area (Å²) >= 11 is 3.49. The van der Waals surface area contributed by atoms with Gasteiger partial charge in [-0.15, -0.1) is 0 Å². The Morgan fingerprint density at radius 2 is 2.37 bits per heavy atom. The fraction of sp³-hybridized carbons (Fsp3) is 0.500. The minimum atomic E-state index is 0.00544. The Morgan fingerprint density at radius 3 is 3.00 bits per heavy atom. The Labute approximate surface area is 122 Å². The highest BCUT2D eigenvalue weighted by Gasteiger charge is 2.29. The Morgan fingerprint density at radius 1 is 1.58 bits per heavy atom. The topological polar surface area (TPSA) is 41.6 Å². The molecule has 104 valence electrons. The molecule has 0 radical (unpaired) electrons. The lowest BCUT2D eigenvalue weighted by Gasteiger charge is -2.23. The van der Waals surface area contributed by atoms with Gasteiger partial charge in [0.2, 0.25) is 5.91 Å². The van der Waals surface area contributed by atoms with Crippen LogP contribution in [0.25, 0.3) is 0 Å². The quantitative estimate of drug-likeness (QED) is 0.922. The van der Waals surface area contributed by atoms with Gasteiger partial charge in [0.15, 0.2) is 0 Å². The average Bonchev–Trinajstić information content (AvgIpc) is 2.86. The number of hydrogen-bond donors (Lipinski definition) is 1. The fourth-order valence-electron chi connectivity index (χ4n) is 2.52. The minimum absolute atomic E-state index is 0.00544. The first-order chi connectivity index (χ1) is 9.15. The summed E-state index contributed by atoms with van der Waals surface area (Å²) in [7, 11) is 3.35. The number of benzene rings is 1. The van der Waals surface area contributed by atoms with E-state index in [0.717, 1.165) is 36.2 Å². The number of rotatable bonds is 4. The van der Waals surface area contributed by atoms with E-state index >= 15 is 0 Å². The molecule has 4 nitrogen and oxygen atoms in total. The summed E-state index contributed by atoms with van der Waals surface area (Å²) in [4.78, 5) is 14.0. The molecule has 1 atom stereocenters. The number of amides is 1. The number of carbonyl (C=O) groups excluding carboxylic acids is 1. The van der Waals surface area contributed by atoms with Gasteiger partial charge in [-0.2, -0.15) is 0 Å². The molecule has 1 fully saturated rings. The molecule has 5 heteroatoms. The van der Waals surface area contributed by atoms with E-state index in [4.69, 9.17) is 4.74 Å². The van der Waals surface area contributed by atoms with Gasteiger partial charge in [0.25, 0.3) is 0 Å². The largest absolute Gasteiger partial charge is 0.496 e. The van der Waals surface area contributed by atoms with Gasteiger partial charge in [0.05, 0.1) is 17.6 Å². The second-order valence-electron chi connectivity index (χ2n) is 4.71. The van der Waals surface area contributed by atoms with Crippen molar-refractivity contribution >= 4 is 21.8 Å². The van der Waals surface area contributed by atoms with E-state index in [1.54, 1.807) is 14.2 Å². The van der Waals surface area contributed by atoms with Crippen LogP contribution >= 0.6 is 15.9 Å². The highest BCUT2D eigenvalue weighted by Crippen LogP contribution is 2.27. The van der Waals surface area contributed by atoms with Crippen molar-refractivity contribution in [1.29, 1.82) is 0 Å². The number of ether oxygens (including phenoxy) is 1. The van der Waals surface area contributed by atoms with Crippen molar-refractivity contribution in [3.05, 3.63) is 28.2 Å². The lowest BCUT2D eigenvalue weighted by Crippen LogP contribution is -2.41. The van der Waals surface area contributed by atoms with Gasteiger partial charge in [0, 0.05) is 13.6 Å². The van der Waals surface area contributed by atoms with Crippen molar-refractivity contribution in [2.45, 2.75) is 25.4 Å². The molecule has 1 unspecified atom stereocenters. The maximum atomic E-state index is 11.8. The molecule has 1 aliphatic rings. The van der Waals surface area contributed by atoms with Crippen LogP contribution < -0.4 is 10.1 Å². The fourth-order valence-corrected chi connectivity index (χ4v) is 3.11. The summed E-state index contributed by atoms with van der Waals surface area (Å²) in [5.74, 6) is 0.943. The first-order valence-corrected chi connectivity index (χ1v) is 7.23. The predicted octanol–water partition coefficient (Wildman–Crippen LogP) is 2.17. The number of nitrogens with zero attached hydrogens (tertiary/aromatic N) is 1. The predicted molar refractivity (Wildman–Crippen MR) is 78.2 cm³/mol. The average molecular weight is 327 g/mol. The molecule has 1 saturated heterocycles. The Kier molecular flexibility index (Phi) is 4.82. The third kappa shape index (κ3) is 3.28. The van der Waals surface area contributed by atoms with E-state index in [9.17, 15) is 4.79 Å². The number of halogens is 1.